The molecule has 3 heteroatoms. The van der Waals surface area contributed by atoms with E-state index in [2.05, 4.69) is 30.3 Å². The zero-order valence-corrected chi connectivity index (χ0v) is 13.7. The van der Waals surface area contributed by atoms with Gasteiger partial charge in [0.05, 0.1) is 6.04 Å². The SMILES string of the molecule is CC(C)(C)OC(=O)N1C2C=C(Cc3ccccc3)CC1CC2. The predicted octanol–water partition coefficient (Wildman–Crippen LogP) is 4.33. The average Bonchev–Trinajstić information content (AvgIpc) is 2.70. The van der Waals surface area contributed by atoms with Gasteiger partial charge in [-0.15, -0.1) is 0 Å². The van der Waals surface area contributed by atoms with E-state index in [1.807, 2.05) is 31.7 Å². The van der Waals surface area contributed by atoms with E-state index in [9.17, 15) is 4.79 Å². The molecule has 0 aromatic heterocycles. The van der Waals surface area contributed by atoms with Crippen molar-refractivity contribution in [3.8, 4) is 0 Å². The van der Waals surface area contributed by atoms with Crippen molar-refractivity contribution in [2.45, 2.75) is 64.1 Å². The third kappa shape index (κ3) is 3.34. The quantitative estimate of drug-likeness (QED) is 0.761. The molecule has 0 N–H and O–H groups in total. The molecule has 3 nitrogen and oxygen atoms in total. The zero-order valence-electron chi connectivity index (χ0n) is 13.7. The molecule has 1 fully saturated rings. The molecule has 2 unspecified atom stereocenters. The highest BCUT2D eigenvalue weighted by molar-refractivity contribution is 5.70. The minimum Gasteiger partial charge on any atom is -0.444 e. The summed E-state index contributed by atoms with van der Waals surface area (Å²) in [6.45, 7) is 5.77. The molecule has 0 radical (unpaired) electrons. The van der Waals surface area contributed by atoms with Gasteiger partial charge in [0.1, 0.15) is 5.60 Å². The fourth-order valence-electron chi connectivity index (χ4n) is 3.51. The Balaban J connectivity index is 1.71. The molecular formula is C19H25NO2. The molecule has 22 heavy (non-hydrogen) atoms. The molecule has 2 heterocycles. The van der Waals surface area contributed by atoms with Crippen LogP contribution in [0.4, 0.5) is 4.79 Å². The van der Waals surface area contributed by atoms with Crippen molar-refractivity contribution in [2.24, 2.45) is 0 Å². The fourth-order valence-corrected chi connectivity index (χ4v) is 3.51. The van der Waals surface area contributed by atoms with E-state index in [0.717, 1.165) is 25.7 Å². The lowest BCUT2D eigenvalue weighted by Crippen LogP contribution is -2.45. The third-order valence-corrected chi connectivity index (χ3v) is 4.35. The van der Waals surface area contributed by atoms with E-state index in [1.165, 1.54) is 11.1 Å². The van der Waals surface area contributed by atoms with Crippen molar-refractivity contribution in [3.63, 3.8) is 0 Å². The molecule has 1 saturated heterocycles. The summed E-state index contributed by atoms with van der Waals surface area (Å²) in [6.07, 6.45) is 6.25. The predicted molar refractivity (Wildman–Crippen MR) is 87.7 cm³/mol. The van der Waals surface area contributed by atoms with E-state index in [-0.39, 0.29) is 12.1 Å². The van der Waals surface area contributed by atoms with Crippen LogP contribution in [0, 0.1) is 0 Å². The molecule has 118 valence electrons. The maximum absolute atomic E-state index is 12.4. The van der Waals surface area contributed by atoms with Crippen LogP contribution in [-0.4, -0.2) is 28.7 Å². The van der Waals surface area contributed by atoms with Gasteiger partial charge in [-0.1, -0.05) is 42.0 Å². The van der Waals surface area contributed by atoms with Crippen LogP contribution in [0.3, 0.4) is 0 Å². The minimum atomic E-state index is -0.426. The molecule has 3 rings (SSSR count). The molecule has 2 bridgehead atoms. The number of benzene rings is 1. The summed E-state index contributed by atoms with van der Waals surface area (Å²) < 4.78 is 5.57. The number of hydrogen-bond donors (Lipinski definition) is 0. The van der Waals surface area contributed by atoms with Crippen molar-refractivity contribution < 1.29 is 9.53 Å². The first-order valence-corrected chi connectivity index (χ1v) is 8.17. The summed E-state index contributed by atoms with van der Waals surface area (Å²) in [7, 11) is 0. The first kappa shape index (κ1) is 15.1. The third-order valence-electron chi connectivity index (χ3n) is 4.35. The Morgan fingerprint density at radius 1 is 1.23 bits per heavy atom. The summed E-state index contributed by atoms with van der Waals surface area (Å²) in [6, 6.07) is 11.1. The van der Waals surface area contributed by atoms with Crippen molar-refractivity contribution in [3.05, 3.63) is 47.5 Å². The van der Waals surface area contributed by atoms with Gasteiger partial charge in [-0.05, 0) is 52.0 Å². The molecule has 1 amide bonds. The largest absolute Gasteiger partial charge is 0.444 e. The summed E-state index contributed by atoms with van der Waals surface area (Å²) >= 11 is 0. The Morgan fingerprint density at radius 2 is 1.95 bits per heavy atom. The highest BCUT2D eigenvalue weighted by Crippen LogP contribution is 2.36. The molecular weight excluding hydrogens is 274 g/mol. The van der Waals surface area contributed by atoms with Gasteiger partial charge in [0, 0.05) is 6.04 Å². The van der Waals surface area contributed by atoms with Gasteiger partial charge in [0.15, 0.2) is 0 Å². The topological polar surface area (TPSA) is 29.5 Å². The van der Waals surface area contributed by atoms with E-state index in [1.54, 1.807) is 0 Å². The van der Waals surface area contributed by atoms with Crippen LogP contribution >= 0.6 is 0 Å². The highest BCUT2D eigenvalue weighted by Gasteiger charge is 2.41. The monoisotopic (exact) mass is 299 g/mol. The number of carbonyl (C=O) groups excluding carboxylic acids is 1. The summed E-state index contributed by atoms with van der Waals surface area (Å²) in [5.74, 6) is 0. The second kappa shape index (κ2) is 5.79. The van der Waals surface area contributed by atoms with Gasteiger partial charge in [-0.3, -0.25) is 4.90 Å². The van der Waals surface area contributed by atoms with Gasteiger partial charge in [-0.2, -0.15) is 0 Å². The summed E-state index contributed by atoms with van der Waals surface area (Å²) in [5, 5.41) is 0. The number of amides is 1. The standard InChI is InChI=1S/C19H25NO2/c1-19(2,3)22-18(21)20-16-9-10-17(20)13-15(12-16)11-14-7-5-4-6-8-14/h4-8,12,16-17H,9-11,13H2,1-3H3. The lowest BCUT2D eigenvalue weighted by molar-refractivity contribution is 0.0166. The number of fused-ring (bicyclic) bond motifs is 2. The van der Waals surface area contributed by atoms with Crippen molar-refractivity contribution in [1.29, 1.82) is 0 Å². The average molecular weight is 299 g/mol. The van der Waals surface area contributed by atoms with Crippen molar-refractivity contribution >= 4 is 6.09 Å². The van der Waals surface area contributed by atoms with Crippen LogP contribution < -0.4 is 0 Å². The summed E-state index contributed by atoms with van der Waals surface area (Å²) in [4.78, 5) is 14.4. The van der Waals surface area contributed by atoms with E-state index >= 15 is 0 Å². The molecule has 2 aliphatic rings. The lowest BCUT2D eigenvalue weighted by Gasteiger charge is -2.35. The maximum Gasteiger partial charge on any atom is 0.411 e. The first-order chi connectivity index (χ1) is 10.4. The van der Waals surface area contributed by atoms with Crippen molar-refractivity contribution in [2.75, 3.05) is 0 Å². The molecule has 0 saturated carbocycles. The molecule has 0 spiro atoms. The molecule has 2 aliphatic heterocycles. The van der Waals surface area contributed by atoms with Crippen LogP contribution in [0.2, 0.25) is 0 Å². The highest BCUT2D eigenvalue weighted by atomic mass is 16.6. The smallest absolute Gasteiger partial charge is 0.411 e. The van der Waals surface area contributed by atoms with E-state index in [0.29, 0.717) is 6.04 Å². The fraction of sp³-hybridized carbons (Fsp3) is 0.526. The van der Waals surface area contributed by atoms with Crippen LogP contribution in [0.15, 0.2) is 42.0 Å². The van der Waals surface area contributed by atoms with Crippen molar-refractivity contribution in [1.82, 2.24) is 4.90 Å². The Bertz CT molecular complexity index is 571. The number of ether oxygens (including phenoxy) is 1. The van der Waals surface area contributed by atoms with Gasteiger partial charge >= 0.3 is 6.09 Å². The zero-order chi connectivity index (χ0) is 15.7. The van der Waals surface area contributed by atoms with E-state index < -0.39 is 5.60 Å². The second-order valence-electron chi connectivity index (χ2n) is 7.38. The number of nitrogens with zero attached hydrogens (tertiary/aromatic N) is 1. The van der Waals surface area contributed by atoms with Gasteiger partial charge in [-0.25, -0.2) is 4.79 Å². The van der Waals surface area contributed by atoms with Crippen LogP contribution in [0.25, 0.3) is 0 Å². The first-order valence-electron chi connectivity index (χ1n) is 8.17. The Morgan fingerprint density at radius 3 is 2.59 bits per heavy atom. The number of carbonyl (C=O) groups is 1. The second-order valence-corrected chi connectivity index (χ2v) is 7.38. The molecule has 1 aromatic carbocycles. The molecule has 2 atom stereocenters. The molecule has 0 aliphatic carbocycles. The van der Waals surface area contributed by atoms with Crippen LogP contribution in [0.5, 0.6) is 0 Å². The van der Waals surface area contributed by atoms with Gasteiger partial charge in [0.25, 0.3) is 0 Å². The number of hydrogen-bond acceptors (Lipinski definition) is 2. The minimum absolute atomic E-state index is 0.157. The number of rotatable bonds is 2. The Labute approximate surface area is 133 Å². The van der Waals surface area contributed by atoms with E-state index in [4.69, 9.17) is 4.74 Å². The normalized spacial score (nSPS) is 24.1. The summed E-state index contributed by atoms with van der Waals surface area (Å²) in [5.41, 5.74) is 2.38. The Kier molecular flexibility index (Phi) is 3.98. The van der Waals surface area contributed by atoms with Gasteiger partial charge in [0.2, 0.25) is 0 Å². The van der Waals surface area contributed by atoms with Crippen LogP contribution in [0.1, 0.15) is 45.6 Å². The maximum atomic E-state index is 12.4. The molecule has 1 aromatic rings. The Hall–Kier alpha value is -1.77. The van der Waals surface area contributed by atoms with Gasteiger partial charge < -0.3 is 4.74 Å². The lowest BCUT2D eigenvalue weighted by atomic mass is 9.95. The van der Waals surface area contributed by atoms with Crippen LogP contribution in [-0.2, 0) is 11.2 Å².